The molecule has 1 rings (SSSR count). The quantitative estimate of drug-likeness (QED) is 0.670. The Balaban J connectivity index is 2.95. The summed E-state index contributed by atoms with van der Waals surface area (Å²) in [7, 11) is 1.27. The average molecular weight is 310 g/mol. The Hall–Kier alpha value is -0.850. The monoisotopic (exact) mass is 310 g/mol. The maximum absolute atomic E-state index is 13.0. The number of ether oxygens (including phenoxy) is 1. The van der Waals surface area contributed by atoms with E-state index in [0.717, 1.165) is 6.07 Å². The zero-order valence-corrected chi connectivity index (χ0v) is 9.54. The van der Waals surface area contributed by atoms with Crippen molar-refractivity contribution < 1.29 is 19.0 Å². The van der Waals surface area contributed by atoms with Crippen LogP contribution in [0.5, 0.6) is 5.75 Å². The molecule has 0 amide bonds. The van der Waals surface area contributed by atoms with Crippen molar-refractivity contribution >= 4 is 28.6 Å². The van der Waals surface area contributed by atoms with Crippen molar-refractivity contribution in [2.24, 2.45) is 0 Å². The van der Waals surface area contributed by atoms with Crippen molar-refractivity contribution in [3.8, 4) is 5.75 Å². The number of hydrogen-bond acceptors (Lipinski definition) is 3. The number of hydrogen-bond donors (Lipinski definition) is 1. The SMILES string of the molecule is COC(=O)Cc1cc(F)c(O)c(I)c1. The second-order valence-electron chi connectivity index (χ2n) is 2.66. The number of carbonyl (C=O) groups excluding carboxylic acids is 1. The third-order valence-corrected chi connectivity index (χ3v) is 2.48. The highest BCUT2D eigenvalue weighted by Gasteiger charge is 2.10. The van der Waals surface area contributed by atoms with Gasteiger partial charge in [-0.2, -0.15) is 0 Å². The predicted molar refractivity (Wildman–Crippen MR) is 56.5 cm³/mol. The Kier molecular flexibility index (Phi) is 3.68. The highest BCUT2D eigenvalue weighted by molar-refractivity contribution is 14.1. The fourth-order valence-corrected chi connectivity index (χ4v) is 1.62. The van der Waals surface area contributed by atoms with Crippen LogP contribution < -0.4 is 0 Å². The van der Waals surface area contributed by atoms with Gasteiger partial charge in [-0.25, -0.2) is 4.39 Å². The van der Waals surface area contributed by atoms with Crippen LogP contribution >= 0.6 is 22.6 Å². The molecule has 0 radical (unpaired) electrons. The Bertz CT molecular complexity index is 342. The number of phenolic OH excluding ortho intramolecular Hbond substituents is 1. The first-order chi connectivity index (χ1) is 6.54. The van der Waals surface area contributed by atoms with Gasteiger partial charge < -0.3 is 9.84 Å². The van der Waals surface area contributed by atoms with Gasteiger partial charge in [-0.3, -0.25) is 4.79 Å². The van der Waals surface area contributed by atoms with Crippen LogP contribution in [0.2, 0.25) is 0 Å². The molecular formula is C9H8FIO3. The van der Waals surface area contributed by atoms with Crippen LogP contribution in [0.4, 0.5) is 4.39 Å². The number of methoxy groups -OCH3 is 1. The lowest BCUT2D eigenvalue weighted by molar-refractivity contribution is -0.139. The maximum Gasteiger partial charge on any atom is 0.309 e. The first kappa shape index (κ1) is 11.2. The van der Waals surface area contributed by atoms with Crippen molar-refractivity contribution in [1.29, 1.82) is 0 Å². The molecule has 0 saturated carbocycles. The highest BCUT2D eigenvalue weighted by Crippen LogP contribution is 2.24. The summed E-state index contributed by atoms with van der Waals surface area (Å²) < 4.78 is 17.8. The molecule has 0 unspecified atom stereocenters. The minimum absolute atomic E-state index is 0.00367. The minimum atomic E-state index is -0.726. The standard InChI is InChI=1S/C9H8FIO3/c1-14-8(12)4-5-2-6(10)9(13)7(11)3-5/h2-3,13H,4H2,1H3. The summed E-state index contributed by atoms with van der Waals surface area (Å²) in [5.74, 6) is -1.55. The van der Waals surface area contributed by atoms with Crippen LogP contribution in [0, 0.1) is 9.39 Å². The normalized spacial score (nSPS) is 9.93. The molecule has 0 spiro atoms. The van der Waals surface area contributed by atoms with Crippen LogP contribution in [0.1, 0.15) is 5.56 Å². The van der Waals surface area contributed by atoms with Gasteiger partial charge in [-0.15, -0.1) is 0 Å². The summed E-state index contributed by atoms with van der Waals surface area (Å²) >= 11 is 1.79. The van der Waals surface area contributed by atoms with Gasteiger partial charge in [0.2, 0.25) is 0 Å². The van der Waals surface area contributed by atoms with E-state index in [1.54, 1.807) is 22.6 Å². The van der Waals surface area contributed by atoms with Crippen LogP contribution in [0.25, 0.3) is 0 Å². The van der Waals surface area contributed by atoms with Crippen molar-refractivity contribution in [1.82, 2.24) is 0 Å². The molecule has 0 atom stereocenters. The number of carbonyl (C=O) groups is 1. The smallest absolute Gasteiger partial charge is 0.309 e. The molecule has 0 aliphatic heterocycles. The van der Waals surface area contributed by atoms with Crippen LogP contribution in [0.15, 0.2) is 12.1 Å². The predicted octanol–water partition coefficient (Wildman–Crippen LogP) is 1.85. The molecule has 1 aromatic carbocycles. The van der Waals surface area contributed by atoms with E-state index >= 15 is 0 Å². The van der Waals surface area contributed by atoms with E-state index in [9.17, 15) is 9.18 Å². The molecule has 5 heteroatoms. The second kappa shape index (κ2) is 4.59. The first-order valence-electron chi connectivity index (χ1n) is 3.78. The third-order valence-electron chi connectivity index (χ3n) is 1.65. The summed E-state index contributed by atoms with van der Waals surface area (Å²) in [6.45, 7) is 0. The van der Waals surface area contributed by atoms with Crippen molar-refractivity contribution in [3.05, 3.63) is 27.1 Å². The molecular weight excluding hydrogens is 302 g/mol. The molecule has 3 nitrogen and oxygen atoms in total. The number of esters is 1. The lowest BCUT2D eigenvalue weighted by atomic mass is 10.1. The Morgan fingerprint density at radius 1 is 1.64 bits per heavy atom. The number of halogens is 2. The van der Waals surface area contributed by atoms with Gasteiger partial charge in [0.25, 0.3) is 0 Å². The fraction of sp³-hybridized carbons (Fsp3) is 0.222. The van der Waals surface area contributed by atoms with E-state index in [4.69, 9.17) is 5.11 Å². The largest absolute Gasteiger partial charge is 0.504 e. The molecule has 0 heterocycles. The van der Waals surface area contributed by atoms with E-state index in [1.165, 1.54) is 13.2 Å². The number of benzene rings is 1. The molecule has 0 aliphatic rings. The van der Waals surface area contributed by atoms with E-state index in [-0.39, 0.29) is 12.2 Å². The molecule has 1 aromatic rings. The molecule has 0 fully saturated rings. The molecule has 14 heavy (non-hydrogen) atoms. The molecule has 1 N–H and O–H groups in total. The second-order valence-corrected chi connectivity index (χ2v) is 3.82. The molecule has 76 valence electrons. The lowest BCUT2D eigenvalue weighted by Crippen LogP contribution is -2.05. The van der Waals surface area contributed by atoms with E-state index in [0.29, 0.717) is 9.13 Å². The van der Waals surface area contributed by atoms with E-state index in [2.05, 4.69) is 4.74 Å². The van der Waals surface area contributed by atoms with E-state index in [1.807, 2.05) is 0 Å². The van der Waals surface area contributed by atoms with Crippen LogP contribution in [0.3, 0.4) is 0 Å². The Morgan fingerprint density at radius 3 is 2.79 bits per heavy atom. The minimum Gasteiger partial charge on any atom is -0.504 e. The maximum atomic E-state index is 13.0. The topological polar surface area (TPSA) is 46.5 Å². The van der Waals surface area contributed by atoms with Gasteiger partial charge in [0.05, 0.1) is 17.1 Å². The zero-order valence-electron chi connectivity index (χ0n) is 7.38. The Morgan fingerprint density at radius 2 is 2.29 bits per heavy atom. The Labute approximate surface area is 94.0 Å². The molecule has 0 saturated heterocycles. The molecule has 0 aliphatic carbocycles. The van der Waals surface area contributed by atoms with Gasteiger partial charge >= 0.3 is 5.97 Å². The van der Waals surface area contributed by atoms with Crippen LogP contribution in [-0.4, -0.2) is 18.2 Å². The number of phenols is 1. The summed E-state index contributed by atoms with van der Waals surface area (Å²) in [5.41, 5.74) is 0.483. The van der Waals surface area contributed by atoms with Crippen molar-refractivity contribution in [2.75, 3.05) is 7.11 Å². The molecule has 0 aromatic heterocycles. The third kappa shape index (κ3) is 2.57. The molecule has 0 bridgehead atoms. The fourth-order valence-electron chi connectivity index (χ4n) is 0.959. The van der Waals surface area contributed by atoms with Crippen LogP contribution in [-0.2, 0) is 16.0 Å². The van der Waals surface area contributed by atoms with Crippen molar-refractivity contribution in [2.45, 2.75) is 6.42 Å². The summed E-state index contributed by atoms with van der Waals surface area (Å²) in [4.78, 5) is 10.9. The highest BCUT2D eigenvalue weighted by atomic mass is 127. The van der Waals surface area contributed by atoms with Gasteiger partial charge in [-0.1, -0.05) is 0 Å². The lowest BCUT2D eigenvalue weighted by Gasteiger charge is -2.03. The van der Waals surface area contributed by atoms with Gasteiger partial charge in [0.15, 0.2) is 11.6 Å². The summed E-state index contributed by atoms with van der Waals surface area (Å²) in [5, 5.41) is 9.12. The van der Waals surface area contributed by atoms with E-state index < -0.39 is 11.8 Å². The average Bonchev–Trinajstić information content (AvgIpc) is 2.14. The zero-order chi connectivity index (χ0) is 10.7. The van der Waals surface area contributed by atoms with Gasteiger partial charge in [0, 0.05) is 0 Å². The number of rotatable bonds is 2. The first-order valence-corrected chi connectivity index (χ1v) is 4.86. The summed E-state index contributed by atoms with van der Waals surface area (Å²) in [6.07, 6.45) is 0.00367. The van der Waals surface area contributed by atoms with Crippen molar-refractivity contribution in [3.63, 3.8) is 0 Å². The van der Waals surface area contributed by atoms with Gasteiger partial charge in [0.1, 0.15) is 0 Å². The summed E-state index contributed by atoms with van der Waals surface area (Å²) in [6, 6.07) is 2.66. The number of aromatic hydroxyl groups is 1. The van der Waals surface area contributed by atoms with Gasteiger partial charge in [-0.05, 0) is 40.3 Å².